The molecule has 9 rings (SSSR count). The van der Waals surface area contributed by atoms with Crippen molar-refractivity contribution in [3.63, 3.8) is 0 Å². The lowest BCUT2D eigenvalue weighted by Crippen LogP contribution is -2.62. The summed E-state index contributed by atoms with van der Waals surface area (Å²) in [6, 6.07) is 0.650. The summed E-state index contributed by atoms with van der Waals surface area (Å²) < 4.78 is 31.3. The van der Waals surface area contributed by atoms with E-state index in [4.69, 9.17) is 23.7 Å². The van der Waals surface area contributed by atoms with Crippen molar-refractivity contribution in [3.05, 3.63) is 0 Å². The van der Waals surface area contributed by atoms with Crippen LogP contribution in [0.5, 0.6) is 0 Å². The third-order valence-corrected chi connectivity index (χ3v) is 18.2. The maximum Gasteiger partial charge on any atom is 0.303 e. The van der Waals surface area contributed by atoms with Crippen molar-refractivity contribution < 1.29 is 38.7 Å². The van der Waals surface area contributed by atoms with E-state index >= 15 is 0 Å². The summed E-state index contributed by atoms with van der Waals surface area (Å²) in [5.41, 5.74) is -0.953. The number of morpholine rings is 1. The number of carbonyl (C=O) groups excluding carboxylic acids is 1. The summed E-state index contributed by atoms with van der Waals surface area (Å²) in [4.78, 5) is 17.3. The molecule has 2 N–H and O–H groups in total. The molecule has 0 amide bonds. The van der Waals surface area contributed by atoms with E-state index in [0.717, 1.165) is 64.6 Å². The number of rotatable bonds is 8. The molecule has 53 heavy (non-hydrogen) atoms. The highest BCUT2D eigenvalue weighted by Gasteiger charge is 2.84. The molecular formula is C43H70N2O8. The van der Waals surface area contributed by atoms with Crippen LogP contribution in [0, 0.1) is 56.7 Å². The average molecular weight is 743 g/mol. The van der Waals surface area contributed by atoms with Gasteiger partial charge in [-0.25, -0.2) is 0 Å². The Labute approximate surface area is 318 Å². The molecule has 300 valence electrons. The molecule has 5 aliphatic carbocycles. The van der Waals surface area contributed by atoms with E-state index in [1.807, 2.05) is 0 Å². The van der Waals surface area contributed by atoms with Crippen LogP contribution in [-0.2, 0) is 28.5 Å². The number of aliphatic hydroxyl groups is 2. The summed E-state index contributed by atoms with van der Waals surface area (Å²) in [5.74, 6) is 1.87. The number of carbonyl (C=O) groups is 1. The average Bonchev–Trinajstić information content (AvgIpc) is 3.67. The molecular weight excluding hydrogens is 672 g/mol. The summed E-state index contributed by atoms with van der Waals surface area (Å²) in [5, 5.41) is 23.7. The van der Waals surface area contributed by atoms with E-state index < -0.39 is 29.9 Å². The molecule has 9 aliphatic rings. The van der Waals surface area contributed by atoms with Crippen LogP contribution in [0.2, 0.25) is 0 Å². The molecule has 4 saturated heterocycles. The topological polar surface area (TPSA) is 110 Å². The lowest BCUT2D eigenvalue weighted by molar-refractivity contribution is -0.250. The second-order valence-corrected chi connectivity index (χ2v) is 21.4. The first kappa shape index (κ1) is 37.7. The van der Waals surface area contributed by atoms with Gasteiger partial charge in [0, 0.05) is 45.1 Å². The first-order chi connectivity index (χ1) is 24.9. The van der Waals surface area contributed by atoms with Gasteiger partial charge in [0.2, 0.25) is 0 Å². The standard InChI is InChI=1S/C43H70N2O8/c1-25-17-29(37(39(5,6)48)51-26(2)46)52-35-34(25)40(7)13-14-43-24-42(43)12-11-32(38(3,4)30(42)9-10-31(43)41(40,8)36(35)47)53-33-21-44(15-16-50-33)18-27-19-45(20-27)28-22-49-23-28/h25,27-37,47-48H,9-24H2,1-8H3/t25-,29-,30+,31+,32+,33+,34+,35+,36+,37+,40-,41-,42-,43+/m1/s1. The van der Waals surface area contributed by atoms with Crippen molar-refractivity contribution in [2.75, 3.05) is 52.5 Å². The van der Waals surface area contributed by atoms with E-state index in [1.54, 1.807) is 13.8 Å². The van der Waals surface area contributed by atoms with Gasteiger partial charge in [-0.3, -0.25) is 14.6 Å². The molecule has 10 nitrogen and oxygen atoms in total. The minimum absolute atomic E-state index is 0.0509. The highest BCUT2D eigenvalue weighted by Crippen LogP contribution is 2.89. The second kappa shape index (κ2) is 12.6. The third kappa shape index (κ3) is 5.41. The minimum Gasteiger partial charge on any atom is -0.457 e. The zero-order valence-electron chi connectivity index (χ0n) is 34.0. The maximum atomic E-state index is 12.6. The van der Waals surface area contributed by atoms with Crippen LogP contribution in [0.4, 0.5) is 0 Å². The SMILES string of the molecule is CC(=O)O[C@@H]([C@H]1C[C@@H](C)[C@H]2[C@H](O1)[C@H](O)[C@@]1(C)[C@@H]3CC[C@H]4C(C)(C)[C@@H](O[C@H]5CN(CC6CN(C7COC7)C6)CCO5)CC[C@@]45C[C@@]35CC[C@]21C)C(C)(C)O. The third-order valence-electron chi connectivity index (χ3n) is 18.2. The quantitative estimate of drug-likeness (QED) is 0.335. The van der Waals surface area contributed by atoms with Gasteiger partial charge >= 0.3 is 5.97 Å². The van der Waals surface area contributed by atoms with Gasteiger partial charge in [-0.05, 0) is 116 Å². The zero-order chi connectivity index (χ0) is 37.5. The Morgan fingerprint density at radius 2 is 1.72 bits per heavy atom. The van der Waals surface area contributed by atoms with Crippen molar-refractivity contribution in [2.45, 2.75) is 155 Å². The molecule has 0 aromatic rings. The molecule has 2 spiro atoms. The van der Waals surface area contributed by atoms with Gasteiger partial charge < -0.3 is 33.9 Å². The fraction of sp³-hybridized carbons (Fsp3) is 0.977. The van der Waals surface area contributed by atoms with Crippen molar-refractivity contribution in [2.24, 2.45) is 56.7 Å². The number of esters is 1. The highest BCUT2D eigenvalue weighted by atomic mass is 16.7. The number of ether oxygens (including phenoxy) is 5. The van der Waals surface area contributed by atoms with E-state index in [-0.39, 0.29) is 52.0 Å². The number of hydrogen-bond donors (Lipinski definition) is 2. The minimum atomic E-state index is -1.25. The van der Waals surface area contributed by atoms with Crippen LogP contribution < -0.4 is 0 Å². The molecule has 0 aromatic heterocycles. The first-order valence-corrected chi connectivity index (χ1v) is 21.5. The Morgan fingerprint density at radius 1 is 1.00 bits per heavy atom. The van der Waals surface area contributed by atoms with E-state index in [9.17, 15) is 15.0 Å². The Balaban J connectivity index is 0.889. The van der Waals surface area contributed by atoms with Gasteiger partial charge in [0.05, 0.1) is 55.9 Å². The van der Waals surface area contributed by atoms with Gasteiger partial charge in [0.1, 0.15) is 0 Å². The van der Waals surface area contributed by atoms with E-state index in [2.05, 4.69) is 44.4 Å². The molecule has 0 bridgehead atoms. The Morgan fingerprint density at radius 3 is 2.40 bits per heavy atom. The normalized spacial score (nSPS) is 50.3. The number of nitrogens with zero attached hydrogens (tertiary/aromatic N) is 2. The second-order valence-electron chi connectivity index (χ2n) is 21.4. The first-order valence-electron chi connectivity index (χ1n) is 21.5. The molecule has 5 saturated carbocycles. The molecule has 4 aliphatic heterocycles. The number of aliphatic hydroxyl groups excluding tert-OH is 1. The summed E-state index contributed by atoms with van der Waals surface area (Å²) >= 11 is 0. The molecule has 4 heterocycles. The lowest BCUT2D eigenvalue weighted by atomic mass is 9.41. The van der Waals surface area contributed by atoms with Gasteiger partial charge in [0.25, 0.3) is 0 Å². The molecule has 0 unspecified atom stereocenters. The molecule has 0 radical (unpaired) electrons. The monoisotopic (exact) mass is 743 g/mol. The Hall–Kier alpha value is -0.850. The van der Waals surface area contributed by atoms with Crippen molar-refractivity contribution in [1.82, 2.24) is 9.80 Å². The molecule has 14 atom stereocenters. The van der Waals surface area contributed by atoms with Crippen LogP contribution >= 0.6 is 0 Å². The van der Waals surface area contributed by atoms with Gasteiger partial charge in [-0.15, -0.1) is 0 Å². The fourth-order valence-electron chi connectivity index (χ4n) is 15.5. The predicted octanol–water partition coefficient (Wildman–Crippen LogP) is 4.88. The van der Waals surface area contributed by atoms with Gasteiger partial charge in [0.15, 0.2) is 12.4 Å². The molecule has 10 heteroatoms. The van der Waals surface area contributed by atoms with Crippen LogP contribution in [0.1, 0.15) is 107 Å². The number of likely N-dealkylation sites (tertiary alicyclic amines) is 1. The van der Waals surface area contributed by atoms with Crippen molar-refractivity contribution in [3.8, 4) is 0 Å². The Kier molecular flexibility index (Phi) is 8.95. The smallest absolute Gasteiger partial charge is 0.303 e. The van der Waals surface area contributed by atoms with Crippen molar-refractivity contribution in [1.29, 1.82) is 0 Å². The van der Waals surface area contributed by atoms with Crippen LogP contribution in [0.3, 0.4) is 0 Å². The van der Waals surface area contributed by atoms with E-state index in [1.165, 1.54) is 45.7 Å². The van der Waals surface area contributed by atoms with Crippen molar-refractivity contribution >= 4 is 5.97 Å². The molecule has 0 aromatic carbocycles. The largest absolute Gasteiger partial charge is 0.457 e. The van der Waals surface area contributed by atoms with E-state index in [0.29, 0.717) is 29.7 Å². The van der Waals surface area contributed by atoms with Crippen LogP contribution in [-0.4, -0.2) is 127 Å². The summed E-state index contributed by atoms with van der Waals surface area (Å²) in [6.45, 7) is 24.9. The van der Waals surface area contributed by atoms with Crippen LogP contribution in [0.25, 0.3) is 0 Å². The molecule has 9 fully saturated rings. The van der Waals surface area contributed by atoms with Gasteiger partial charge in [-0.2, -0.15) is 0 Å². The predicted molar refractivity (Wildman–Crippen MR) is 199 cm³/mol. The number of hydrogen-bond acceptors (Lipinski definition) is 10. The lowest BCUT2D eigenvalue weighted by Gasteiger charge is -2.64. The van der Waals surface area contributed by atoms with Crippen LogP contribution in [0.15, 0.2) is 0 Å². The summed E-state index contributed by atoms with van der Waals surface area (Å²) in [7, 11) is 0. The van der Waals surface area contributed by atoms with Gasteiger partial charge in [-0.1, -0.05) is 34.6 Å². The Bertz CT molecular complexity index is 1430. The zero-order valence-corrected chi connectivity index (χ0v) is 34.0. The highest BCUT2D eigenvalue weighted by molar-refractivity contribution is 5.66. The maximum absolute atomic E-state index is 12.6. The summed E-state index contributed by atoms with van der Waals surface area (Å²) in [6.07, 6.45) is 6.80. The number of fused-ring (bicyclic) bond motifs is 4. The fourth-order valence-corrected chi connectivity index (χ4v) is 15.5.